The Bertz CT molecular complexity index is 529. The molecule has 1 aromatic heterocycles. The molecule has 0 atom stereocenters. The number of carbonyl (C=O) groups is 1. The van der Waals surface area contributed by atoms with Gasteiger partial charge in [0, 0.05) is 30.4 Å². The zero-order chi connectivity index (χ0) is 16.0. The number of nitro groups is 1. The van der Waals surface area contributed by atoms with Gasteiger partial charge in [-0.05, 0) is 19.8 Å². The predicted octanol–water partition coefficient (Wildman–Crippen LogP) is 1.47. The number of aryl methyl sites for hydroxylation is 1. The summed E-state index contributed by atoms with van der Waals surface area (Å²) in [5.74, 6) is 0.306. The third-order valence-electron chi connectivity index (χ3n) is 3.04. The minimum absolute atomic E-state index is 0.0889. The Morgan fingerprint density at radius 3 is 2.67 bits per heavy atom. The fourth-order valence-electron chi connectivity index (χ4n) is 1.90. The monoisotopic (exact) mass is 294 g/mol. The van der Waals surface area contributed by atoms with Crippen molar-refractivity contribution < 1.29 is 9.72 Å². The van der Waals surface area contributed by atoms with Crippen molar-refractivity contribution in [3.05, 3.63) is 33.1 Å². The molecule has 21 heavy (non-hydrogen) atoms. The van der Waals surface area contributed by atoms with Crippen molar-refractivity contribution in [3.63, 3.8) is 0 Å². The van der Waals surface area contributed by atoms with E-state index >= 15 is 0 Å². The van der Waals surface area contributed by atoms with E-state index in [0.717, 1.165) is 0 Å². The van der Waals surface area contributed by atoms with Gasteiger partial charge in [-0.3, -0.25) is 19.9 Å². The molecule has 116 valence electrons. The van der Waals surface area contributed by atoms with Crippen LogP contribution in [0.1, 0.15) is 30.7 Å². The number of hydrogen-bond acceptors (Lipinski definition) is 5. The highest BCUT2D eigenvalue weighted by molar-refractivity contribution is 5.77. The third-order valence-corrected chi connectivity index (χ3v) is 3.04. The third kappa shape index (κ3) is 5.11. The van der Waals surface area contributed by atoms with Crippen LogP contribution in [0.5, 0.6) is 0 Å². The molecule has 0 unspecified atom stereocenters. The van der Waals surface area contributed by atoms with Gasteiger partial charge in [0.2, 0.25) is 5.91 Å². The van der Waals surface area contributed by atoms with Gasteiger partial charge in [0.15, 0.2) is 0 Å². The second kappa shape index (κ2) is 7.68. The van der Waals surface area contributed by atoms with Gasteiger partial charge in [-0.2, -0.15) is 0 Å². The topological polar surface area (TPSA) is 97.2 Å². The first-order chi connectivity index (χ1) is 9.82. The van der Waals surface area contributed by atoms with Gasteiger partial charge in [0.05, 0.1) is 17.2 Å². The molecule has 0 aliphatic rings. The molecule has 0 saturated carbocycles. The van der Waals surface area contributed by atoms with Crippen molar-refractivity contribution in [2.24, 2.45) is 5.92 Å². The molecule has 1 heterocycles. The molecule has 7 heteroatoms. The second-order valence-electron chi connectivity index (χ2n) is 5.42. The first-order valence-corrected chi connectivity index (χ1v) is 6.89. The van der Waals surface area contributed by atoms with E-state index in [1.54, 1.807) is 13.8 Å². The Morgan fingerprint density at radius 1 is 1.43 bits per heavy atom. The quantitative estimate of drug-likeness (QED) is 0.586. The molecule has 0 saturated heterocycles. The summed E-state index contributed by atoms with van der Waals surface area (Å²) in [5.41, 5.74) is 1.75. The maximum atomic E-state index is 11.5. The fourth-order valence-corrected chi connectivity index (χ4v) is 1.90. The van der Waals surface area contributed by atoms with E-state index in [-0.39, 0.29) is 18.1 Å². The summed E-state index contributed by atoms with van der Waals surface area (Å²) in [7, 11) is 0. The summed E-state index contributed by atoms with van der Waals surface area (Å²) in [6.45, 7) is 8.49. The van der Waals surface area contributed by atoms with Gasteiger partial charge in [0.25, 0.3) is 5.69 Å². The van der Waals surface area contributed by atoms with E-state index in [0.29, 0.717) is 35.8 Å². The zero-order valence-corrected chi connectivity index (χ0v) is 12.9. The molecule has 0 aromatic carbocycles. The molecule has 0 bridgehead atoms. The average molecular weight is 294 g/mol. The lowest BCUT2D eigenvalue weighted by Crippen LogP contribution is -2.35. The fraction of sp³-hybridized carbons (Fsp3) is 0.571. The first kappa shape index (κ1) is 17.0. The van der Waals surface area contributed by atoms with Gasteiger partial charge < -0.3 is 10.6 Å². The molecule has 1 aromatic rings. The molecular formula is C14H22N4O3. The van der Waals surface area contributed by atoms with Crippen LogP contribution in [-0.4, -0.2) is 28.9 Å². The molecule has 1 amide bonds. The van der Waals surface area contributed by atoms with E-state index < -0.39 is 4.92 Å². The number of hydrogen-bond donors (Lipinski definition) is 2. The van der Waals surface area contributed by atoms with Gasteiger partial charge in [0.1, 0.15) is 0 Å². The number of rotatable bonds is 7. The van der Waals surface area contributed by atoms with E-state index in [9.17, 15) is 14.9 Å². The van der Waals surface area contributed by atoms with Crippen LogP contribution in [0.4, 0.5) is 5.69 Å². The first-order valence-electron chi connectivity index (χ1n) is 6.89. The Morgan fingerprint density at radius 2 is 2.10 bits per heavy atom. The molecule has 0 aliphatic heterocycles. The molecule has 1 rings (SSSR count). The highest BCUT2D eigenvalue weighted by Crippen LogP contribution is 2.23. The number of nitrogens with zero attached hydrogens (tertiary/aromatic N) is 2. The number of aromatic nitrogens is 1. The number of carbonyl (C=O) groups excluding carboxylic acids is 1. The summed E-state index contributed by atoms with van der Waals surface area (Å²) >= 11 is 0. The molecule has 0 fully saturated rings. The SMILES string of the molecule is Cc1cnc(CNCC(=O)NCC(C)C)c(C)c1[N+](=O)[O-]. The predicted molar refractivity (Wildman–Crippen MR) is 79.9 cm³/mol. The smallest absolute Gasteiger partial charge is 0.278 e. The van der Waals surface area contributed by atoms with Gasteiger partial charge >= 0.3 is 0 Å². The van der Waals surface area contributed by atoms with Crippen LogP contribution >= 0.6 is 0 Å². The van der Waals surface area contributed by atoms with Crippen LogP contribution in [0.25, 0.3) is 0 Å². The van der Waals surface area contributed by atoms with Crippen molar-refractivity contribution in [2.45, 2.75) is 34.2 Å². The summed E-state index contributed by atoms with van der Waals surface area (Å²) < 4.78 is 0. The van der Waals surface area contributed by atoms with Crippen LogP contribution in [-0.2, 0) is 11.3 Å². The van der Waals surface area contributed by atoms with Crippen LogP contribution in [0.3, 0.4) is 0 Å². The highest BCUT2D eigenvalue weighted by atomic mass is 16.6. The standard InChI is InChI=1S/C14H22N4O3/c1-9(2)5-17-13(19)8-15-7-12-11(4)14(18(20)21)10(3)6-16-12/h6,9,15H,5,7-8H2,1-4H3,(H,17,19). The highest BCUT2D eigenvalue weighted by Gasteiger charge is 2.18. The van der Waals surface area contributed by atoms with E-state index in [2.05, 4.69) is 15.6 Å². The molecular weight excluding hydrogens is 272 g/mol. The lowest BCUT2D eigenvalue weighted by molar-refractivity contribution is -0.386. The lowest BCUT2D eigenvalue weighted by atomic mass is 10.1. The Kier molecular flexibility index (Phi) is 6.23. The Balaban J connectivity index is 2.59. The summed E-state index contributed by atoms with van der Waals surface area (Å²) in [6.07, 6.45) is 1.49. The van der Waals surface area contributed by atoms with Crippen LogP contribution in [0.2, 0.25) is 0 Å². The summed E-state index contributed by atoms with van der Waals surface area (Å²) in [4.78, 5) is 26.4. The Labute approximate surface area is 124 Å². The minimum Gasteiger partial charge on any atom is -0.355 e. The summed E-state index contributed by atoms with van der Waals surface area (Å²) in [6, 6.07) is 0. The van der Waals surface area contributed by atoms with Crippen LogP contribution < -0.4 is 10.6 Å². The summed E-state index contributed by atoms with van der Waals surface area (Å²) in [5, 5.41) is 16.8. The van der Waals surface area contributed by atoms with Gasteiger partial charge in [-0.1, -0.05) is 13.8 Å². The van der Waals surface area contributed by atoms with Crippen molar-refractivity contribution >= 4 is 11.6 Å². The van der Waals surface area contributed by atoms with E-state index in [1.165, 1.54) is 6.20 Å². The van der Waals surface area contributed by atoms with Crippen LogP contribution in [0, 0.1) is 29.9 Å². The second-order valence-corrected chi connectivity index (χ2v) is 5.42. The molecule has 2 N–H and O–H groups in total. The number of pyridine rings is 1. The maximum absolute atomic E-state index is 11.5. The average Bonchev–Trinajstić information content (AvgIpc) is 2.38. The van der Waals surface area contributed by atoms with Gasteiger partial charge in [-0.25, -0.2) is 0 Å². The van der Waals surface area contributed by atoms with E-state index in [4.69, 9.17) is 0 Å². The Hall–Kier alpha value is -2.02. The van der Waals surface area contributed by atoms with Crippen molar-refractivity contribution in [3.8, 4) is 0 Å². The van der Waals surface area contributed by atoms with E-state index in [1.807, 2.05) is 13.8 Å². The number of amides is 1. The van der Waals surface area contributed by atoms with Crippen molar-refractivity contribution in [1.82, 2.24) is 15.6 Å². The minimum atomic E-state index is -0.398. The molecule has 0 spiro atoms. The largest absolute Gasteiger partial charge is 0.355 e. The number of nitrogens with one attached hydrogen (secondary N) is 2. The molecule has 0 radical (unpaired) electrons. The van der Waals surface area contributed by atoms with Crippen molar-refractivity contribution in [1.29, 1.82) is 0 Å². The molecule has 7 nitrogen and oxygen atoms in total. The van der Waals surface area contributed by atoms with Crippen molar-refractivity contribution in [2.75, 3.05) is 13.1 Å². The zero-order valence-electron chi connectivity index (χ0n) is 12.9. The van der Waals surface area contributed by atoms with Gasteiger partial charge in [-0.15, -0.1) is 0 Å². The van der Waals surface area contributed by atoms with Crippen LogP contribution in [0.15, 0.2) is 6.20 Å². The maximum Gasteiger partial charge on any atom is 0.278 e. The lowest BCUT2D eigenvalue weighted by Gasteiger charge is -2.10. The molecule has 0 aliphatic carbocycles. The normalized spacial score (nSPS) is 10.7.